The van der Waals surface area contributed by atoms with Gasteiger partial charge in [0.2, 0.25) is 0 Å². The molecule has 0 amide bonds. The van der Waals surface area contributed by atoms with Gasteiger partial charge in [0.15, 0.2) is 6.29 Å². The Hall–Kier alpha value is -2.02. The van der Waals surface area contributed by atoms with E-state index in [0.717, 1.165) is 70.1 Å². The minimum absolute atomic E-state index is 0.374. The molecule has 0 aliphatic carbocycles. The fraction of sp³-hybridized carbons (Fsp3) is 0.565. The second-order valence-electron chi connectivity index (χ2n) is 7.33. The van der Waals surface area contributed by atoms with Crippen molar-refractivity contribution in [3.05, 3.63) is 53.4 Å². The van der Waals surface area contributed by atoms with Gasteiger partial charge in [-0.1, -0.05) is 48.3 Å². The van der Waals surface area contributed by atoms with Crippen LogP contribution in [0, 0.1) is 5.92 Å². The van der Waals surface area contributed by atoms with Gasteiger partial charge in [0.25, 0.3) is 0 Å². The van der Waals surface area contributed by atoms with E-state index in [1.54, 1.807) is 6.07 Å². The van der Waals surface area contributed by atoms with Crippen LogP contribution >= 0.6 is 0 Å². The van der Waals surface area contributed by atoms with Gasteiger partial charge in [-0.05, 0) is 44.3 Å². The first-order valence-corrected chi connectivity index (χ1v) is 10.6. The van der Waals surface area contributed by atoms with E-state index in [1.807, 2.05) is 25.2 Å². The fourth-order valence-electron chi connectivity index (χ4n) is 3.16. The average molecular weight is 403 g/mol. The molecule has 0 radical (unpaired) electrons. The number of hydrogen-bond acceptors (Lipinski definition) is 6. The van der Waals surface area contributed by atoms with Gasteiger partial charge in [-0.3, -0.25) is 4.79 Å². The lowest BCUT2D eigenvalue weighted by molar-refractivity contribution is 0.111. The van der Waals surface area contributed by atoms with Crippen LogP contribution in [0.1, 0.15) is 53.9 Å². The number of hydrogen-bond donors (Lipinski definition) is 1. The number of nitrogens with zero attached hydrogens (tertiary/aromatic N) is 1. The smallest absolute Gasteiger partial charge is 0.171 e. The van der Waals surface area contributed by atoms with Gasteiger partial charge >= 0.3 is 0 Å². The van der Waals surface area contributed by atoms with E-state index in [1.165, 1.54) is 12.0 Å². The minimum Gasteiger partial charge on any atom is -0.381 e. The molecule has 2 aromatic rings. The zero-order valence-corrected chi connectivity index (χ0v) is 17.5. The van der Waals surface area contributed by atoms with Crippen LogP contribution in [0.2, 0.25) is 0 Å². The first-order valence-electron chi connectivity index (χ1n) is 10.6. The molecule has 6 nitrogen and oxygen atoms in total. The third-order valence-electron chi connectivity index (χ3n) is 4.79. The summed E-state index contributed by atoms with van der Waals surface area (Å²) in [6.45, 7) is 4.52. The van der Waals surface area contributed by atoms with Crippen molar-refractivity contribution in [1.29, 1.82) is 0 Å². The van der Waals surface area contributed by atoms with E-state index in [0.29, 0.717) is 18.6 Å². The molecule has 1 aliphatic heterocycles. The third-order valence-corrected chi connectivity index (χ3v) is 4.79. The Morgan fingerprint density at radius 3 is 2.72 bits per heavy atom. The van der Waals surface area contributed by atoms with Gasteiger partial charge in [0.05, 0.1) is 13.2 Å². The molecule has 1 aromatic heterocycles. The molecule has 1 aliphatic rings. The highest BCUT2D eigenvalue weighted by Gasteiger charge is 2.13. The molecule has 160 valence electrons. The maximum absolute atomic E-state index is 10.5. The number of nitrogens with one attached hydrogen (secondary N) is 1. The van der Waals surface area contributed by atoms with E-state index in [4.69, 9.17) is 14.0 Å². The summed E-state index contributed by atoms with van der Waals surface area (Å²) < 4.78 is 15.8. The van der Waals surface area contributed by atoms with Crippen molar-refractivity contribution in [2.45, 2.75) is 45.1 Å². The summed E-state index contributed by atoms with van der Waals surface area (Å²) in [6, 6.07) is 11.9. The summed E-state index contributed by atoms with van der Waals surface area (Å²) in [6.07, 6.45) is 7.17. The largest absolute Gasteiger partial charge is 0.381 e. The first kappa shape index (κ1) is 23.3. The number of benzene rings is 1. The van der Waals surface area contributed by atoms with Gasteiger partial charge in [-0.25, -0.2) is 0 Å². The molecule has 0 saturated carbocycles. The van der Waals surface area contributed by atoms with Crippen molar-refractivity contribution in [2.75, 3.05) is 33.4 Å². The van der Waals surface area contributed by atoms with Gasteiger partial charge in [-0.15, -0.1) is 0 Å². The number of aldehydes is 1. The van der Waals surface area contributed by atoms with Gasteiger partial charge in [-0.2, -0.15) is 0 Å². The Morgan fingerprint density at radius 2 is 2.03 bits per heavy atom. The molecule has 1 aromatic carbocycles. The minimum atomic E-state index is 0.374. The maximum atomic E-state index is 10.5. The summed E-state index contributed by atoms with van der Waals surface area (Å²) >= 11 is 0. The maximum Gasteiger partial charge on any atom is 0.171 e. The Balaban J connectivity index is 0.000000313. The summed E-state index contributed by atoms with van der Waals surface area (Å²) in [4.78, 5) is 10.5. The molecular formula is C23H34N2O4. The lowest BCUT2D eigenvalue weighted by Gasteiger charge is -2.04. The SMILES string of the molecule is CNCC1CCOC1.O=Cc1cc(CCCCCCOCc2ccccc2)on1. The van der Waals surface area contributed by atoms with E-state index in [9.17, 15) is 4.79 Å². The monoisotopic (exact) mass is 402 g/mol. The second kappa shape index (κ2) is 14.9. The molecule has 3 rings (SSSR count). The third kappa shape index (κ3) is 10.4. The molecular weight excluding hydrogens is 368 g/mol. The van der Waals surface area contributed by atoms with Crippen LogP contribution in [0.25, 0.3) is 0 Å². The van der Waals surface area contributed by atoms with E-state index in [2.05, 4.69) is 22.6 Å². The number of carbonyl (C=O) groups is 1. The molecule has 1 saturated heterocycles. The second-order valence-corrected chi connectivity index (χ2v) is 7.33. The van der Waals surface area contributed by atoms with Gasteiger partial charge in [0.1, 0.15) is 11.5 Å². The molecule has 0 spiro atoms. The Morgan fingerprint density at radius 1 is 1.21 bits per heavy atom. The van der Waals surface area contributed by atoms with Crippen LogP contribution in [0.5, 0.6) is 0 Å². The van der Waals surface area contributed by atoms with E-state index >= 15 is 0 Å². The lowest BCUT2D eigenvalue weighted by Crippen LogP contribution is -2.18. The van der Waals surface area contributed by atoms with E-state index in [-0.39, 0.29) is 0 Å². The zero-order valence-electron chi connectivity index (χ0n) is 17.5. The Kier molecular flexibility index (Phi) is 12.0. The highest BCUT2D eigenvalue weighted by atomic mass is 16.5. The van der Waals surface area contributed by atoms with Gasteiger partial charge < -0.3 is 19.3 Å². The van der Waals surface area contributed by atoms with Crippen LogP contribution in [0.4, 0.5) is 0 Å². The van der Waals surface area contributed by atoms with Crippen molar-refractivity contribution in [2.24, 2.45) is 5.92 Å². The standard InChI is InChI=1S/C17H21NO3.C6H13NO/c19-13-16-12-17(21-18-16)10-6-1-2-7-11-20-14-15-8-4-3-5-9-15;1-7-4-6-2-3-8-5-6/h3-5,8-9,12-13H,1-2,6-7,10-11,14H2;6-7H,2-5H2,1H3. The fourth-order valence-corrected chi connectivity index (χ4v) is 3.16. The van der Waals surface area contributed by atoms with Crippen LogP contribution < -0.4 is 5.32 Å². The predicted molar refractivity (Wildman–Crippen MR) is 113 cm³/mol. The quantitative estimate of drug-likeness (QED) is 0.426. The van der Waals surface area contributed by atoms with Crippen molar-refractivity contribution < 1.29 is 18.8 Å². The normalized spacial score (nSPS) is 15.7. The molecule has 1 unspecified atom stereocenters. The highest BCUT2D eigenvalue weighted by molar-refractivity contribution is 5.71. The van der Waals surface area contributed by atoms with Crippen molar-refractivity contribution >= 4 is 6.29 Å². The number of ether oxygens (including phenoxy) is 2. The highest BCUT2D eigenvalue weighted by Crippen LogP contribution is 2.10. The number of carbonyl (C=O) groups excluding carboxylic acids is 1. The number of rotatable bonds is 12. The first-order chi connectivity index (χ1) is 14.3. The molecule has 0 bridgehead atoms. The molecule has 1 fully saturated rings. The Labute approximate surface area is 174 Å². The molecule has 2 heterocycles. The van der Waals surface area contributed by atoms with E-state index < -0.39 is 0 Å². The Bertz CT molecular complexity index is 654. The molecule has 1 atom stereocenters. The summed E-state index contributed by atoms with van der Waals surface area (Å²) in [5, 5.41) is 6.77. The van der Waals surface area contributed by atoms with Crippen molar-refractivity contribution in [1.82, 2.24) is 10.5 Å². The van der Waals surface area contributed by atoms with Crippen molar-refractivity contribution in [3.63, 3.8) is 0 Å². The summed E-state index contributed by atoms with van der Waals surface area (Å²) in [5.41, 5.74) is 1.59. The van der Waals surface area contributed by atoms with Crippen LogP contribution in [-0.4, -0.2) is 44.9 Å². The van der Waals surface area contributed by atoms with Gasteiger partial charge in [0, 0.05) is 25.7 Å². The number of unbranched alkanes of at least 4 members (excludes halogenated alkanes) is 3. The zero-order chi connectivity index (χ0) is 20.6. The summed E-state index contributed by atoms with van der Waals surface area (Å²) in [5.74, 6) is 1.57. The number of aryl methyl sites for hydroxylation is 1. The average Bonchev–Trinajstić information content (AvgIpc) is 3.43. The number of aromatic nitrogens is 1. The molecule has 29 heavy (non-hydrogen) atoms. The van der Waals surface area contributed by atoms with Crippen LogP contribution in [0.3, 0.4) is 0 Å². The summed E-state index contributed by atoms with van der Waals surface area (Å²) in [7, 11) is 1.98. The van der Waals surface area contributed by atoms with Crippen molar-refractivity contribution in [3.8, 4) is 0 Å². The molecule has 1 N–H and O–H groups in total. The predicted octanol–water partition coefficient (Wildman–Crippen LogP) is 4.05. The molecule has 6 heteroatoms. The lowest BCUT2D eigenvalue weighted by atomic mass is 10.1. The topological polar surface area (TPSA) is 73.6 Å². The van der Waals surface area contributed by atoms with Crippen LogP contribution in [0.15, 0.2) is 40.9 Å². The van der Waals surface area contributed by atoms with Crippen LogP contribution in [-0.2, 0) is 22.5 Å².